The van der Waals surface area contributed by atoms with Crippen molar-refractivity contribution in [3.63, 3.8) is 0 Å². The Bertz CT molecular complexity index is 849. The van der Waals surface area contributed by atoms with Crippen molar-refractivity contribution >= 4 is 26.5 Å². The Labute approximate surface area is 145 Å². The highest BCUT2D eigenvalue weighted by atomic mass is 32.2. The third-order valence-electron chi connectivity index (χ3n) is 3.89. The molecule has 8 heteroatoms. The molecule has 0 amide bonds. The van der Waals surface area contributed by atoms with Gasteiger partial charge in [0, 0.05) is 31.4 Å². The van der Waals surface area contributed by atoms with Crippen LogP contribution in [0.5, 0.6) is 0 Å². The second-order valence-electron chi connectivity index (χ2n) is 5.57. The molecule has 1 aliphatic heterocycles. The molecule has 0 radical (unpaired) electrons. The molecule has 0 atom stereocenters. The molecular weight excluding hydrogens is 344 g/mol. The van der Waals surface area contributed by atoms with E-state index in [4.69, 9.17) is 5.26 Å². The summed E-state index contributed by atoms with van der Waals surface area (Å²) in [4.78, 5) is 6.86. The normalized spacial score (nSPS) is 14.7. The maximum absolute atomic E-state index is 12.3. The van der Waals surface area contributed by atoms with Crippen molar-refractivity contribution in [2.75, 3.05) is 24.5 Å². The van der Waals surface area contributed by atoms with Gasteiger partial charge in [0.2, 0.25) is 10.0 Å². The molecule has 1 N–H and O–H groups in total. The molecule has 0 aliphatic carbocycles. The minimum Gasteiger partial charge on any atom is -0.348 e. The van der Waals surface area contributed by atoms with Gasteiger partial charge in [0.1, 0.15) is 6.07 Å². The Hall–Kier alpha value is -1.95. The van der Waals surface area contributed by atoms with Crippen molar-refractivity contribution in [2.45, 2.75) is 24.2 Å². The van der Waals surface area contributed by atoms with Gasteiger partial charge in [0.25, 0.3) is 0 Å². The van der Waals surface area contributed by atoms with Crippen molar-refractivity contribution < 1.29 is 8.42 Å². The SMILES string of the molecule is N#Cc1ccccc1S(=O)(=O)NCCc1csc(N2CCCC2)n1. The fourth-order valence-electron chi connectivity index (χ4n) is 2.65. The summed E-state index contributed by atoms with van der Waals surface area (Å²) in [6.07, 6.45) is 2.93. The molecule has 1 fully saturated rings. The van der Waals surface area contributed by atoms with Gasteiger partial charge in [-0.3, -0.25) is 0 Å². The van der Waals surface area contributed by atoms with Gasteiger partial charge in [-0.2, -0.15) is 5.26 Å². The number of anilines is 1. The van der Waals surface area contributed by atoms with Gasteiger partial charge in [-0.1, -0.05) is 12.1 Å². The average Bonchev–Trinajstić information content (AvgIpc) is 3.26. The van der Waals surface area contributed by atoms with E-state index in [0.717, 1.165) is 23.9 Å². The quantitative estimate of drug-likeness (QED) is 0.851. The third kappa shape index (κ3) is 3.75. The van der Waals surface area contributed by atoms with E-state index in [1.807, 2.05) is 11.4 Å². The summed E-state index contributed by atoms with van der Waals surface area (Å²) in [6, 6.07) is 8.10. The van der Waals surface area contributed by atoms with Crippen LogP contribution in [0.4, 0.5) is 5.13 Å². The van der Waals surface area contributed by atoms with Crippen LogP contribution in [0.25, 0.3) is 0 Å². The largest absolute Gasteiger partial charge is 0.348 e. The lowest BCUT2D eigenvalue weighted by atomic mass is 10.2. The molecule has 3 rings (SSSR count). The van der Waals surface area contributed by atoms with Gasteiger partial charge >= 0.3 is 0 Å². The van der Waals surface area contributed by atoms with Crippen LogP contribution in [0.2, 0.25) is 0 Å². The number of sulfonamides is 1. The minimum atomic E-state index is -3.69. The zero-order chi connectivity index (χ0) is 17.0. The van der Waals surface area contributed by atoms with E-state index in [2.05, 4.69) is 14.6 Å². The number of rotatable bonds is 6. The Morgan fingerprint density at radius 2 is 2.04 bits per heavy atom. The maximum Gasteiger partial charge on any atom is 0.241 e. The topological polar surface area (TPSA) is 86.1 Å². The van der Waals surface area contributed by atoms with E-state index in [0.29, 0.717) is 6.42 Å². The third-order valence-corrected chi connectivity index (χ3v) is 6.36. The zero-order valence-corrected chi connectivity index (χ0v) is 14.7. The van der Waals surface area contributed by atoms with Crippen molar-refractivity contribution in [3.05, 3.63) is 40.9 Å². The molecule has 6 nitrogen and oxygen atoms in total. The molecule has 1 aromatic heterocycles. The molecule has 126 valence electrons. The zero-order valence-electron chi connectivity index (χ0n) is 13.1. The second kappa shape index (κ2) is 7.30. The summed E-state index contributed by atoms with van der Waals surface area (Å²) in [5.41, 5.74) is 1.04. The van der Waals surface area contributed by atoms with Crippen LogP contribution in [-0.4, -0.2) is 33.0 Å². The Kier molecular flexibility index (Phi) is 5.14. The molecule has 0 unspecified atom stereocenters. The highest BCUT2D eigenvalue weighted by Gasteiger charge is 2.18. The van der Waals surface area contributed by atoms with Crippen molar-refractivity contribution in [2.24, 2.45) is 0 Å². The first-order valence-electron chi connectivity index (χ1n) is 7.78. The van der Waals surface area contributed by atoms with E-state index in [1.165, 1.54) is 25.0 Å². The molecule has 2 heterocycles. The number of nitrogens with zero attached hydrogens (tertiary/aromatic N) is 3. The summed E-state index contributed by atoms with van der Waals surface area (Å²) in [6.45, 7) is 2.35. The number of benzene rings is 1. The molecule has 0 bridgehead atoms. The second-order valence-corrected chi connectivity index (χ2v) is 8.14. The van der Waals surface area contributed by atoms with Crippen molar-refractivity contribution in [1.29, 1.82) is 5.26 Å². The van der Waals surface area contributed by atoms with Crippen LogP contribution in [-0.2, 0) is 16.4 Å². The van der Waals surface area contributed by atoms with Gasteiger partial charge in [0.05, 0.1) is 16.2 Å². The number of thiazole rings is 1. The number of hydrogen-bond donors (Lipinski definition) is 1. The van der Waals surface area contributed by atoms with Crippen LogP contribution in [0.15, 0.2) is 34.5 Å². The summed E-state index contributed by atoms with van der Waals surface area (Å²) in [5, 5.41) is 12.0. The lowest BCUT2D eigenvalue weighted by molar-refractivity contribution is 0.581. The number of nitriles is 1. The van der Waals surface area contributed by atoms with Gasteiger partial charge in [0.15, 0.2) is 5.13 Å². The minimum absolute atomic E-state index is 0.0172. The van der Waals surface area contributed by atoms with Gasteiger partial charge in [-0.25, -0.2) is 18.1 Å². The molecule has 1 aromatic carbocycles. The van der Waals surface area contributed by atoms with E-state index in [-0.39, 0.29) is 17.0 Å². The highest BCUT2D eigenvalue weighted by Crippen LogP contribution is 2.24. The molecule has 0 spiro atoms. The molecule has 1 aliphatic rings. The Morgan fingerprint density at radius 1 is 1.29 bits per heavy atom. The van der Waals surface area contributed by atoms with Crippen LogP contribution in [0, 0.1) is 11.3 Å². The fraction of sp³-hybridized carbons (Fsp3) is 0.375. The molecule has 1 saturated heterocycles. The van der Waals surface area contributed by atoms with Gasteiger partial charge < -0.3 is 4.90 Å². The first-order valence-corrected chi connectivity index (χ1v) is 10.1. The standard InChI is InChI=1S/C16H18N4O2S2/c17-11-13-5-1-2-6-15(13)24(21,22)18-8-7-14-12-23-16(19-14)20-9-3-4-10-20/h1-2,5-6,12,18H,3-4,7-10H2. The fourth-order valence-corrected chi connectivity index (χ4v) is 4.75. The number of hydrogen-bond acceptors (Lipinski definition) is 6. The smallest absolute Gasteiger partial charge is 0.241 e. The van der Waals surface area contributed by atoms with E-state index in [1.54, 1.807) is 23.5 Å². The van der Waals surface area contributed by atoms with Gasteiger partial charge in [-0.05, 0) is 25.0 Å². The first-order chi connectivity index (χ1) is 11.6. The van der Waals surface area contributed by atoms with Gasteiger partial charge in [-0.15, -0.1) is 11.3 Å². The van der Waals surface area contributed by atoms with Crippen LogP contribution in [0.1, 0.15) is 24.1 Å². The summed E-state index contributed by atoms with van der Waals surface area (Å²) < 4.78 is 27.2. The molecule has 24 heavy (non-hydrogen) atoms. The van der Waals surface area contributed by atoms with E-state index < -0.39 is 10.0 Å². The predicted octanol–water partition coefficient (Wildman–Crippen LogP) is 2.14. The molecular formula is C16H18N4O2S2. The molecule has 0 saturated carbocycles. The Morgan fingerprint density at radius 3 is 2.79 bits per heavy atom. The average molecular weight is 362 g/mol. The summed E-state index contributed by atoms with van der Waals surface area (Å²) in [5.74, 6) is 0. The predicted molar refractivity (Wildman–Crippen MR) is 93.6 cm³/mol. The van der Waals surface area contributed by atoms with Crippen LogP contribution in [0.3, 0.4) is 0 Å². The van der Waals surface area contributed by atoms with E-state index >= 15 is 0 Å². The lowest BCUT2D eigenvalue weighted by Gasteiger charge is -2.12. The summed E-state index contributed by atoms with van der Waals surface area (Å²) >= 11 is 1.60. The van der Waals surface area contributed by atoms with Crippen LogP contribution >= 0.6 is 11.3 Å². The number of aromatic nitrogens is 1. The molecule has 2 aromatic rings. The van der Waals surface area contributed by atoms with Crippen molar-refractivity contribution in [3.8, 4) is 6.07 Å². The maximum atomic E-state index is 12.3. The lowest BCUT2D eigenvalue weighted by Crippen LogP contribution is -2.26. The van der Waals surface area contributed by atoms with Crippen LogP contribution < -0.4 is 9.62 Å². The monoisotopic (exact) mass is 362 g/mol. The first kappa shape index (κ1) is 16.9. The highest BCUT2D eigenvalue weighted by molar-refractivity contribution is 7.89. The van der Waals surface area contributed by atoms with E-state index in [9.17, 15) is 8.42 Å². The Balaban J connectivity index is 1.60. The number of nitrogens with one attached hydrogen (secondary N) is 1. The van der Waals surface area contributed by atoms with Crippen molar-refractivity contribution in [1.82, 2.24) is 9.71 Å². The summed E-state index contributed by atoms with van der Waals surface area (Å²) in [7, 11) is -3.69.